The summed E-state index contributed by atoms with van der Waals surface area (Å²) in [5.74, 6) is -3.19. The Hall–Kier alpha value is -2.01. The summed E-state index contributed by atoms with van der Waals surface area (Å²) in [6.07, 6.45) is -9.03. The van der Waals surface area contributed by atoms with Gasteiger partial charge in [-0.05, 0) is 31.4 Å². The van der Waals surface area contributed by atoms with Crippen molar-refractivity contribution in [1.82, 2.24) is 9.88 Å². The molecule has 1 aromatic heterocycles. The van der Waals surface area contributed by atoms with Crippen LogP contribution in [0.25, 0.3) is 0 Å². The Bertz CT molecular complexity index is 737. The number of hydrogen-bond acceptors (Lipinski definition) is 5. The number of alkyl halides is 5. The van der Waals surface area contributed by atoms with Crippen LogP contribution in [0.15, 0.2) is 18.3 Å². The van der Waals surface area contributed by atoms with Crippen LogP contribution in [-0.2, 0) is 4.74 Å². The van der Waals surface area contributed by atoms with Crippen molar-refractivity contribution in [2.45, 2.75) is 49.5 Å². The molecule has 2 saturated heterocycles. The van der Waals surface area contributed by atoms with E-state index >= 15 is 0 Å². The average molecular weight is 423 g/mol. The number of halogens is 5. The lowest BCUT2D eigenvalue weighted by Gasteiger charge is -2.40. The van der Waals surface area contributed by atoms with E-state index in [4.69, 9.17) is 4.74 Å². The van der Waals surface area contributed by atoms with Crippen molar-refractivity contribution < 1.29 is 41.7 Å². The molecule has 0 radical (unpaired) electrons. The first-order valence-corrected chi connectivity index (χ1v) is 9.11. The van der Waals surface area contributed by atoms with Gasteiger partial charge >= 0.3 is 6.18 Å². The molecule has 29 heavy (non-hydrogen) atoms. The number of rotatable bonds is 4. The highest BCUT2D eigenvalue weighted by Crippen LogP contribution is 2.51. The van der Waals surface area contributed by atoms with E-state index in [1.807, 2.05) is 0 Å². The van der Waals surface area contributed by atoms with Crippen LogP contribution in [-0.4, -0.2) is 58.7 Å². The third-order valence-electron chi connectivity index (χ3n) is 5.76. The van der Waals surface area contributed by atoms with Crippen molar-refractivity contribution in [3.05, 3.63) is 29.6 Å². The number of aromatic nitrogens is 1. The van der Waals surface area contributed by atoms with Gasteiger partial charge in [0.05, 0.1) is 18.3 Å². The van der Waals surface area contributed by atoms with Crippen molar-refractivity contribution >= 4 is 6.09 Å². The topological polar surface area (TPSA) is 85.7 Å². The van der Waals surface area contributed by atoms with E-state index in [-0.39, 0.29) is 43.6 Å². The Kier molecular flexibility index (Phi) is 6.00. The summed E-state index contributed by atoms with van der Waals surface area (Å²) >= 11 is 0. The van der Waals surface area contributed by atoms with Crippen LogP contribution in [0, 0.1) is 5.92 Å². The number of aliphatic hydroxyl groups excluding tert-OH is 1. The minimum atomic E-state index is -4.77. The normalized spacial score (nSPS) is 25.6. The Balaban J connectivity index is 1.93. The summed E-state index contributed by atoms with van der Waals surface area (Å²) < 4.78 is 72.5. The number of likely N-dealkylation sites (tertiary alicyclic amines) is 1. The van der Waals surface area contributed by atoms with E-state index in [2.05, 4.69) is 4.98 Å². The Morgan fingerprint density at radius 2 is 2.03 bits per heavy atom. The fourth-order valence-electron chi connectivity index (χ4n) is 4.19. The molecule has 1 spiro atoms. The molecule has 2 unspecified atom stereocenters. The maximum atomic E-state index is 13.5. The van der Waals surface area contributed by atoms with Gasteiger partial charge in [0.2, 0.25) is 0 Å². The summed E-state index contributed by atoms with van der Waals surface area (Å²) in [7, 11) is 0. The lowest BCUT2D eigenvalue weighted by atomic mass is 9.80. The number of carboxylic acid groups (broad SMARTS) is 1. The third-order valence-corrected chi connectivity index (χ3v) is 5.76. The number of ether oxygens (including phenoxy) is 1. The summed E-state index contributed by atoms with van der Waals surface area (Å²) in [6.45, 7) is -1.16. The highest BCUT2D eigenvalue weighted by Gasteiger charge is 2.56. The molecule has 1 amide bonds. The Morgan fingerprint density at radius 1 is 1.38 bits per heavy atom. The van der Waals surface area contributed by atoms with Gasteiger partial charge in [0.1, 0.15) is 12.0 Å². The molecule has 0 saturated carbocycles. The van der Waals surface area contributed by atoms with Gasteiger partial charge in [-0.3, -0.25) is 4.98 Å². The zero-order valence-corrected chi connectivity index (χ0v) is 15.2. The van der Waals surface area contributed by atoms with Crippen LogP contribution < -0.4 is 5.11 Å². The summed E-state index contributed by atoms with van der Waals surface area (Å²) in [5, 5.41) is 20.4. The summed E-state index contributed by atoms with van der Waals surface area (Å²) in [6, 6.07) is 2.15. The van der Waals surface area contributed by atoms with E-state index in [1.165, 1.54) is 0 Å². The zero-order valence-electron chi connectivity index (χ0n) is 15.2. The molecular formula is C18H20F5N2O4-. The van der Waals surface area contributed by atoms with Crippen molar-refractivity contribution in [3.8, 4) is 0 Å². The number of carbonyl (C=O) groups is 1. The van der Waals surface area contributed by atoms with Gasteiger partial charge < -0.3 is 24.6 Å². The smallest absolute Gasteiger partial charge is 0.396 e. The van der Waals surface area contributed by atoms with Gasteiger partial charge in [-0.1, -0.05) is 0 Å². The number of piperidine rings is 1. The molecule has 2 aliphatic rings. The number of pyridine rings is 1. The minimum Gasteiger partial charge on any atom is -0.530 e. The second-order valence-electron chi connectivity index (χ2n) is 7.47. The number of nitrogens with zero attached hydrogens (tertiary/aromatic N) is 2. The molecule has 0 bridgehead atoms. The van der Waals surface area contributed by atoms with Crippen LogP contribution in [0.5, 0.6) is 0 Å². The van der Waals surface area contributed by atoms with E-state index in [0.29, 0.717) is 0 Å². The molecule has 3 atom stereocenters. The molecule has 11 heteroatoms. The fraction of sp³-hybridized carbons (Fsp3) is 0.667. The average Bonchev–Trinajstić information content (AvgIpc) is 3.00. The van der Waals surface area contributed by atoms with Crippen molar-refractivity contribution in [1.29, 1.82) is 0 Å². The Labute approximate surface area is 163 Å². The van der Waals surface area contributed by atoms with Crippen LogP contribution in [0.3, 0.4) is 0 Å². The maximum Gasteiger partial charge on any atom is 0.396 e. The summed E-state index contributed by atoms with van der Waals surface area (Å²) in [5.41, 5.74) is -1.38. The van der Waals surface area contributed by atoms with Crippen molar-refractivity contribution in [3.63, 3.8) is 0 Å². The van der Waals surface area contributed by atoms with Crippen molar-refractivity contribution in [2.24, 2.45) is 5.92 Å². The van der Waals surface area contributed by atoms with Crippen LogP contribution in [0.4, 0.5) is 26.7 Å². The van der Waals surface area contributed by atoms with Gasteiger partial charge in [-0.25, -0.2) is 8.78 Å². The predicted octanol–water partition coefficient (Wildman–Crippen LogP) is 2.24. The molecular weight excluding hydrogens is 403 g/mol. The largest absolute Gasteiger partial charge is 0.530 e. The second kappa shape index (κ2) is 8.02. The molecule has 0 aliphatic carbocycles. The van der Waals surface area contributed by atoms with E-state index in [0.717, 1.165) is 23.2 Å². The predicted molar refractivity (Wildman–Crippen MR) is 87.0 cm³/mol. The molecule has 3 heterocycles. The first kappa shape index (κ1) is 21.7. The van der Waals surface area contributed by atoms with Gasteiger partial charge in [0.15, 0.2) is 0 Å². The molecule has 1 aromatic rings. The molecule has 2 aliphatic heterocycles. The van der Waals surface area contributed by atoms with E-state index < -0.39 is 48.8 Å². The SMILES string of the molecule is O=C([O-])N1CCC2(CC1)CC(c1cc(C(F)F)ccn1)[C@H](C(CO)C(F)(F)F)O2. The molecule has 6 nitrogen and oxygen atoms in total. The van der Waals surface area contributed by atoms with E-state index in [1.54, 1.807) is 0 Å². The van der Waals surface area contributed by atoms with Crippen molar-refractivity contribution in [2.75, 3.05) is 19.7 Å². The van der Waals surface area contributed by atoms with Crippen LogP contribution in [0.1, 0.15) is 42.9 Å². The number of aliphatic hydroxyl groups is 1. The third kappa shape index (κ3) is 4.45. The first-order valence-electron chi connectivity index (χ1n) is 9.11. The highest BCUT2D eigenvalue weighted by atomic mass is 19.4. The lowest BCUT2D eigenvalue weighted by molar-refractivity contribution is -0.268. The van der Waals surface area contributed by atoms with Crippen LogP contribution >= 0.6 is 0 Å². The first-order chi connectivity index (χ1) is 13.6. The Morgan fingerprint density at radius 3 is 2.55 bits per heavy atom. The lowest BCUT2D eigenvalue weighted by Crippen LogP contribution is -2.51. The van der Waals surface area contributed by atoms with Gasteiger partial charge in [0, 0.05) is 36.5 Å². The minimum absolute atomic E-state index is 0.0298. The van der Waals surface area contributed by atoms with Gasteiger partial charge in [-0.2, -0.15) is 13.2 Å². The summed E-state index contributed by atoms with van der Waals surface area (Å²) in [4.78, 5) is 16.0. The molecule has 0 aromatic carbocycles. The second-order valence-corrected chi connectivity index (χ2v) is 7.47. The number of amides is 1. The molecule has 162 valence electrons. The monoisotopic (exact) mass is 423 g/mol. The standard InChI is InChI=1S/C18H21F5N2O4/c19-15(20)10-1-4-24-13(7-10)11-8-17(2-5-25(6-3-17)16(27)28)29-14(11)12(9-26)18(21,22)23/h1,4,7,11-12,14-15,26H,2-3,5-6,8-9H2,(H,27,28)/p-1/t11?,12?,14-/m1/s1. The van der Waals surface area contributed by atoms with E-state index in [9.17, 15) is 37.0 Å². The number of carbonyl (C=O) groups excluding carboxylic acids is 1. The van der Waals surface area contributed by atoms with Gasteiger partial charge in [0.25, 0.3) is 6.43 Å². The maximum absolute atomic E-state index is 13.5. The number of hydrogen-bond donors (Lipinski definition) is 1. The van der Waals surface area contributed by atoms with Gasteiger partial charge in [-0.15, -0.1) is 0 Å². The highest BCUT2D eigenvalue weighted by molar-refractivity contribution is 5.62. The fourth-order valence-corrected chi connectivity index (χ4v) is 4.19. The molecule has 1 N–H and O–H groups in total. The molecule has 3 rings (SSSR count). The van der Waals surface area contributed by atoms with Crippen LogP contribution in [0.2, 0.25) is 0 Å². The zero-order chi connectivity index (χ0) is 21.4. The quantitative estimate of drug-likeness (QED) is 0.751. The molecule has 2 fully saturated rings.